The third kappa shape index (κ3) is 9.55. The fourth-order valence-electron chi connectivity index (χ4n) is 3.49. The van der Waals surface area contributed by atoms with Crippen LogP contribution in [0.3, 0.4) is 0 Å². The van der Waals surface area contributed by atoms with Gasteiger partial charge in [-0.1, -0.05) is 47.6 Å². The summed E-state index contributed by atoms with van der Waals surface area (Å²) in [7, 11) is 0. The highest BCUT2D eigenvalue weighted by atomic mass is 16.6. The number of nitrogens with zero attached hydrogens (tertiary/aromatic N) is 4. The van der Waals surface area contributed by atoms with E-state index in [4.69, 9.17) is 14.2 Å². The molecule has 10 heteroatoms. The van der Waals surface area contributed by atoms with Crippen LogP contribution in [0.25, 0.3) is 0 Å². The van der Waals surface area contributed by atoms with Crippen LogP contribution in [0.4, 0.5) is 5.95 Å². The van der Waals surface area contributed by atoms with Crippen LogP contribution in [0.5, 0.6) is 5.75 Å². The Morgan fingerprint density at radius 1 is 1.03 bits per heavy atom. The van der Waals surface area contributed by atoms with E-state index < -0.39 is 17.6 Å². The average Bonchev–Trinajstić information content (AvgIpc) is 3.28. The summed E-state index contributed by atoms with van der Waals surface area (Å²) < 4.78 is 17.9. The second-order valence-electron chi connectivity index (χ2n) is 9.48. The van der Waals surface area contributed by atoms with Crippen LogP contribution >= 0.6 is 0 Å². The SMILES string of the molecule is CCOC(=O)CCCOc1ccc(C[C@H](Nc2nnnn2Cc2ccccc2)C(=O)OC(C)(C)C)cc1. The van der Waals surface area contributed by atoms with Gasteiger partial charge in [-0.25, -0.2) is 9.48 Å². The smallest absolute Gasteiger partial charge is 0.329 e. The molecule has 0 saturated heterocycles. The van der Waals surface area contributed by atoms with Crippen molar-refractivity contribution in [1.29, 1.82) is 0 Å². The summed E-state index contributed by atoms with van der Waals surface area (Å²) in [5.74, 6) is 0.431. The fourth-order valence-corrected chi connectivity index (χ4v) is 3.49. The van der Waals surface area contributed by atoms with Gasteiger partial charge in [-0.2, -0.15) is 0 Å². The van der Waals surface area contributed by atoms with Crippen LogP contribution in [-0.2, 0) is 32.0 Å². The molecule has 0 unspecified atom stereocenters. The monoisotopic (exact) mass is 509 g/mol. The Balaban J connectivity index is 1.65. The van der Waals surface area contributed by atoms with Crippen molar-refractivity contribution in [2.45, 2.75) is 65.1 Å². The zero-order valence-corrected chi connectivity index (χ0v) is 21.8. The lowest BCUT2D eigenvalue weighted by Gasteiger charge is -2.25. The number of ether oxygens (including phenoxy) is 3. The first-order chi connectivity index (χ1) is 17.7. The van der Waals surface area contributed by atoms with E-state index in [1.165, 1.54) is 0 Å². The Bertz CT molecular complexity index is 1130. The number of anilines is 1. The molecule has 0 bridgehead atoms. The zero-order valence-electron chi connectivity index (χ0n) is 21.8. The highest BCUT2D eigenvalue weighted by Crippen LogP contribution is 2.18. The molecule has 3 rings (SSSR count). The minimum absolute atomic E-state index is 0.225. The average molecular weight is 510 g/mol. The predicted octanol–water partition coefficient (Wildman–Crippen LogP) is 3.81. The van der Waals surface area contributed by atoms with Crippen LogP contribution in [0.15, 0.2) is 54.6 Å². The molecule has 0 saturated carbocycles. The van der Waals surface area contributed by atoms with Gasteiger partial charge < -0.3 is 19.5 Å². The van der Waals surface area contributed by atoms with E-state index in [9.17, 15) is 9.59 Å². The third-order valence-corrected chi connectivity index (χ3v) is 5.16. The molecule has 10 nitrogen and oxygen atoms in total. The molecule has 1 heterocycles. The molecule has 37 heavy (non-hydrogen) atoms. The summed E-state index contributed by atoms with van der Waals surface area (Å²) in [6.45, 7) is 8.51. The van der Waals surface area contributed by atoms with Gasteiger partial charge in [0.05, 0.1) is 19.8 Å². The van der Waals surface area contributed by atoms with Crippen molar-refractivity contribution < 1.29 is 23.8 Å². The minimum atomic E-state index is -0.712. The number of hydrogen-bond donors (Lipinski definition) is 1. The van der Waals surface area contributed by atoms with Gasteiger partial charge >= 0.3 is 11.9 Å². The number of benzene rings is 2. The second-order valence-corrected chi connectivity index (χ2v) is 9.48. The molecule has 0 aliphatic rings. The maximum atomic E-state index is 13.1. The molecule has 1 N–H and O–H groups in total. The molecule has 198 valence electrons. The number of carbonyl (C=O) groups is 2. The highest BCUT2D eigenvalue weighted by Gasteiger charge is 2.27. The van der Waals surface area contributed by atoms with E-state index in [-0.39, 0.29) is 5.97 Å². The van der Waals surface area contributed by atoms with Gasteiger partial charge in [0.25, 0.3) is 0 Å². The molecular weight excluding hydrogens is 474 g/mol. The number of nitrogens with one attached hydrogen (secondary N) is 1. The summed E-state index contributed by atoms with van der Waals surface area (Å²) in [4.78, 5) is 24.5. The summed E-state index contributed by atoms with van der Waals surface area (Å²) in [5, 5.41) is 15.1. The van der Waals surface area contributed by atoms with E-state index in [2.05, 4.69) is 20.8 Å². The lowest BCUT2D eigenvalue weighted by Crippen LogP contribution is -2.38. The van der Waals surface area contributed by atoms with Gasteiger partial charge in [0.15, 0.2) is 0 Å². The van der Waals surface area contributed by atoms with Crippen LogP contribution < -0.4 is 10.1 Å². The van der Waals surface area contributed by atoms with Crippen molar-refractivity contribution >= 4 is 17.9 Å². The van der Waals surface area contributed by atoms with Crippen molar-refractivity contribution in [2.24, 2.45) is 0 Å². The molecular formula is C27H35N5O5. The van der Waals surface area contributed by atoms with Gasteiger partial charge in [-0.05, 0) is 67.8 Å². The van der Waals surface area contributed by atoms with Crippen molar-refractivity contribution in [3.05, 3.63) is 65.7 Å². The summed E-state index contributed by atoms with van der Waals surface area (Å²) in [6, 6.07) is 16.6. The summed E-state index contributed by atoms with van der Waals surface area (Å²) >= 11 is 0. The van der Waals surface area contributed by atoms with Crippen molar-refractivity contribution in [3.63, 3.8) is 0 Å². The van der Waals surface area contributed by atoms with E-state index in [1.54, 1.807) is 11.6 Å². The molecule has 2 aromatic carbocycles. The third-order valence-electron chi connectivity index (χ3n) is 5.16. The number of aromatic nitrogens is 4. The van der Waals surface area contributed by atoms with Gasteiger partial charge in [-0.3, -0.25) is 4.79 Å². The lowest BCUT2D eigenvalue weighted by molar-refractivity contribution is -0.155. The summed E-state index contributed by atoms with van der Waals surface area (Å²) in [6.07, 6.45) is 1.25. The maximum absolute atomic E-state index is 13.1. The van der Waals surface area contributed by atoms with Gasteiger partial charge in [0.1, 0.15) is 17.4 Å². The Hall–Kier alpha value is -3.95. The van der Waals surface area contributed by atoms with Gasteiger partial charge in [0.2, 0.25) is 5.95 Å². The van der Waals surface area contributed by atoms with Crippen molar-refractivity contribution in [3.8, 4) is 5.75 Å². The van der Waals surface area contributed by atoms with Crippen LogP contribution in [0.1, 0.15) is 51.7 Å². The topological polar surface area (TPSA) is 117 Å². The predicted molar refractivity (Wildman–Crippen MR) is 138 cm³/mol. The highest BCUT2D eigenvalue weighted by molar-refractivity contribution is 5.79. The molecule has 0 aliphatic carbocycles. The van der Waals surface area contributed by atoms with E-state index >= 15 is 0 Å². The molecule has 0 spiro atoms. The standard InChI is InChI=1S/C27H35N5O5/c1-5-35-24(33)12-9-17-36-22-15-13-20(14-16-22)18-23(25(34)37-27(2,3)4)28-26-29-30-31-32(26)19-21-10-7-6-8-11-21/h6-8,10-11,13-16,23H,5,9,12,17-19H2,1-4H3,(H,28,29,31)/t23-/m0/s1. The van der Waals surface area contributed by atoms with Gasteiger partial charge in [0, 0.05) is 12.8 Å². The van der Waals surface area contributed by atoms with E-state index in [0.717, 1.165) is 11.1 Å². The number of carbonyl (C=O) groups excluding carboxylic acids is 2. The Morgan fingerprint density at radius 2 is 1.76 bits per heavy atom. The van der Waals surface area contributed by atoms with Crippen molar-refractivity contribution in [2.75, 3.05) is 18.5 Å². The summed E-state index contributed by atoms with van der Waals surface area (Å²) in [5.41, 5.74) is 1.29. The molecule has 0 fully saturated rings. The quantitative estimate of drug-likeness (QED) is 0.271. The molecule has 1 atom stereocenters. The zero-order chi connectivity index (χ0) is 26.7. The van der Waals surface area contributed by atoms with E-state index in [1.807, 2.05) is 75.4 Å². The first-order valence-corrected chi connectivity index (χ1v) is 12.4. The van der Waals surface area contributed by atoms with Crippen LogP contribution in [0, 0.1) is 0 Å². The first kappa shape index (κ1) is 27.6. The number of hydrogen-bond acceptors (Lipinski definition) is 9. The number of tetrazole rings is 1. The number of rotatable bonds is 13. The van der Waals surface area contributed by atoms with Crippen molar-refractivity contribution in [1.82, 2.24) is 20.2 Å². The minimum Gasteiger partial charge on any atom is -0.494 e. The van der Waals surface area contributed by atoms with Gasteiger partial charge in [-0.15, -0.1) is 0 Å². The van der Waals surface area contributed by atoms with Crippen LogP contribution in [0.2, 0.25) is 0 Å². The molecule has 1 aromatic heterocycles. The first-order valence-electron chi connectivity index (χ1n) is 12.4. The molecule has 0 radical (unpaired) electrons. The normalized spacial score (nSPS) is 12.0. The second kappa shape index (κ2) is 13.4. The van der Waals surface area contributed by atoms with Crippen LogP contribution in [-0.4, -0.2) is 57.0 Å². The largest absolute Gasteiger partial charge is 0.494 e. The Kier molecular flexibility index (Phi) is 10.00. The Morgan fingerprint density at radius 3 is 2.43 bits per heavy atom. The number of esters is 2. The fraction of sp³-hybridized carbons (Fsp3) is 0.444. The molecule has 0 amide bonds. The lowest BCUT2D eigenvalue weighted by atomic mass is 10.1. The Labute approximate surface area is 217 Å². The van der Waals surface area contributed by atoms with E-state index in [0.29, 0.717) is 50.7 Å². The maximum Gasteiger partial charge on any atom is 0.329 e. The molecule has 0 aliphatic heterocycles. The molecule has 3 aromatic rings.